The van der Waals surface area contributed by atoms with E-state index in [0.29, 0.717) is 10.0 Å². The molecular weight excluding hydrogens is 235 g/mol. The molecule has 15 heavy (non-hydrogen) atoms. The molecule has 0 bridgehead atoms. The third-order valence-electron chi connectivity index (χ3n) is 1.72. The molecule has 1 aromatic rings. The lowest BCUT2D eigenvalue weighted by Crippen LogP contribution is -2.13. The van der Waals surface area contributed by atoms with E-state index < -0.39 is 0 Å². The van der Waals surface area contributed by atoms with Crippen LogP contribution >= 0.6 is 23.2 Å². The van der Waals surface area contributed by atoms with Gasteiger partial charge in [0.05, 0.1) is 12.5 Å². The highest BCUT2D eigenvalue weighted by Crippen LogP contribution is 2.21. The topological polar surface area (TPSA) is 26.3 Å². The second kappa shape index (κ2) is 5.38. The number of carbonyl (C=O) groups excluding carboxylic acids is 1. The van der Waals surface area contributed by atoms with Gasteiger partial charge in [-0.3, -0.25) is 4.79 Å². The van der Waals surface area contributed by atoms with Crippen LogP contribution in [0.4, 0.5) is 0 Å². The Hall–Kier alpha value is -0.730. The summed E-state index contributed by atoms with van der Waals surface area (Å²) in [5, 5.41) is 1.05. The minimum atomic E-state index is -0.283. The van der Waals surface area contributed by atoms with Crippen LogP contribution in [0.5, 0.6) is 0 Å². The van der Waals surface area contributed by atoms with Gasteiger partial charge in [0, 0.05) is 10.0 Å². The van der Waals surface area contributed by atoms with Gasteiger partial charge in [0.15, 0.2) is 0 Å². The van der Waals surface area contributed by atoms with Crippen molar-refractivity contribution in [3.8, 4) is 0 Å². The third kappa shape index (κ3) is 4.10. The van der Waals surface area contributed by atoms with Crippen molar-refractivity contribution in [2.75, 3.05) is 0 Å². The Kier molecular flexibility index (Phi) is 4.43. The molecule has 2 nitrogen and oxygen atoms in total. The lowest BCUT2D eigenvalue weighted by atomic mass is 10.1. The minimum Gasteiger partial charge on any atom is -0.463 e. The van der Waals surface area contributed by atoms with Crippen molar-refractivity contribution in [1.29, 1.82) is 0 Å². The van der Waals surface area contributed by atoms with Crippen LogP contribution in [-0.4, -0.2) is 12.1 Å². The summed E-state index contributed by atoms with van der Waals surface area (Å²) in [6, 6.07) is 5.04. The highest BCUT2D eigenvalue weighted by molar-refractivity contribution is 6.35. The number of rotatable bonds is 3. The van der Waals surface area contributed by atoms with E-state index in [1.165, 1.54) is 0 Å². The Labute approximate surface area is 99.1 Å². The lowest BCUT2D eigenvalue weighted by Gasteiger charge is -2.08. The summed E-state index contributed by atoms with van der Waals surface area (Å²) < 4.78 is 5.01. The zero-order chi connectivity index (χ0) is 11.4. The van der Waals surface area contributed by atoms with Crippen molar-refractivity contribution in [3.05, 3.63) is 33.8 Å². The van der Waals surface area contributed by atoms with Crippen LogP contribution in [0.15, 0.2) is 18.2 Å². The second-order valence-electron chi connectivity index (χ2n) is 3.45. The fourth-order valence-electron chi connectivity index (χ4n) is 1.13. The minimum absolute atomic E-state index is 0.108. The van der Waals surface area contributed by atoms with Gasteiger partial charge in [-0.05, 0) is 31.5 Å². The molecule has 0 amide bonds. The molecule has 0 aliphatic carbocycles. The Balaban J connectivity index is 2.68. The number of hydrogen-bond acceptors (Lipinski definition) is 2. The second-order valence-corrected chi connectivity index (χ2v) is 4.29. The van der Waals surface area contributed by atoms with Gasteiger partial charge in [-0.25, -0.2) is 0 Å². The van der Waals surface area contributed by atoms with Gasteiger partial charge in [0.1, 0.15) is 0 Å². The van der Waals surface area contributed by atoms with Crippen molar-refractivity contribution in [1.82, 2.24) is 0 Å². The van der Waals surface area contributed by atoms with Crippen LogP contribution in [0.3, 0.4) is 0 Å². The largest absolute Gasteiger partial charge is 0.463 e. The number of carbonyl (C=O) groups is 1. The van der Waals surface area contributed by atoms with Crippen molar-refractivity contribution >= 4 is 29.2 Å². The normalized spacial score (nSPS) is 10.5. The van der Waals surface area contributed by atoms with E-state index in [0.717, 1.165) is 5.56 Å². The summed E-state index contributed by atoms with van der Waals surface area (Å²) in [6.07, 6.45) is 0.0670. The van der Waals surface area contributed by atoms with E-state index in [2.05, 4.69) is 0 Å². The van der Waals surface area contributed by atoms with Gasteiger partial charge >= 0.3 is 5.97 Å². The molecule has 0 saturated heterocycles. The van der Waals surface area contributed by atoms with E-state index in [4.69, 9.17) is 27.9 Å². The average molecular weight is 247 g/mol. The van der Waals surface area contributed by atoms with Gasteiger partial charge in [-0.1, -0.05) is 29.3 Å². The van der Waals surface area contributed by atoms with Gasteiger partial charge in [0.2, 0.25) is 0 Å². The molecule has 0 aliphatic heterocycles. The molecule has 0 aliphatic rings. The number of esters is 1. The first-order valence-electron chi connectivity index (χ1n) is 4.62. The molecular formula is C11H12Cl2O2. The molecule has 1 rings (SSSR count). The van der Waals surface area contributed by atoms with Crippen LogP contribution in [0.25, 0.3) is 0 Å². The number of ether oxygens (including phenoxy) is 1. The monoisotopic (exact) mass is 246 g/mol. The molecule has 0 heterocycles. The number of halogens is 2. The molecule has 1 aromatic carbocycles. The molecule has 0 saturated carbocycles. The first-order chi connectivity index (χ1) is 6.99. The van der Waals surface area contributed by atoms with E-state index >= 15 is 0 Å². The Morgan fingerprint density at radius 2 is 2.07 bits per heavy atom. The Bertz CT molecular complexity index is 362. The summed E-state index contributed by atoms with van der Waals surface area (Å²) in [5.74, 6) is -0.283. The van der Waals surface area contributed by atoms with E-state index in [-0.39, 0.29) is 18.5 Å². The van der Waals surface area contributed by atoms with Crippen LogP contribution in [0.2, 0.25) is 10.0 Å². The van der Waals surface area contributed by atoms with Crippen LogP contribution in [0, 0.1) is 0 Å². The molecule has 82 valence electrons. The van der Waals surface area contributed by atoms with Gasteiger partial charge in [-0.2, -0.15) is 0 Å². The van der Waals surface area contributed by atoms with Gasteiger partial charge in [0.25, 0.3) is 0 Å². The molecule has 4 heteroatoms. The highest BCUT2D eigenvalue weighted by atomic mass is 35.5. The SMILES string of the molecule is CC(C)OC(=O)Cc1ccc(Cl)cc1Cl. The summed E-state index contributed by atoms with van der Waals surface area (Å²) in [4.78, 5) is 11.3. The Morgan fingerprint density at radius 3 is 2.60 bits per heavy atom. The number of benzene rings is 1. The molecule has 0 atom stereocenters. The van der Waals surface area contributed by atoms with Crippen molar-refractivity contribution in [2.24, 2.45) is 0 Å². The van der Waals surface area contributed by atoms with E-state index in [1.54, 1.807) is 32.0 Å². The molecule has 0 radical (unpaired) electrons. The average Bonchev–Trinajstić information content (AvgIpc) is 2.08. The van der Waals surface area contributed by atoms with Crippen LogP contribution in [0.1, 0.15) is 19.4 Å². The third-order valence-corrected chi connectivity index (χ3v) is 2.30. The Morgan fingerprint density at radius 1 is 1.40 bits per heavy atom. The van der Waals surface area contributed by atoms with E-state index in [9.17, 15) is 4.79 Å². The van der Waals surface area contributed by atoms with Gasteiger partial charge in [-0.15, -0.1) is 0 Å². The molecule has 0 aromatic heterocycles. The maximum atomic E-state index is 11.3. The molecule has 0 N–H and O–H groups in total. The first-order valence-corrected chi connectivity index (χ1v) is 5.38. The summed E-state index contributed by atoms with van der Waals surface area (Å²) in [6.45, 7) is 3.61. The first kappa shape index (κ1) is 12.3. The van der Waals surface area contributed by atoms with Crippen molar-refractivity contribution in [2.45, 2.75) is 26.4 Å². The van der Waals surface area contributed by atoms with Gasteiger partial charge < -0.3 is 4.74 Å². The van der Waals surface area contributed by atoms with Crippen molar-refractivity contribution in [3.63, 3.8) is 0 Å². The molecule has 0 unspecified atom stereocenters. The standard InChI is InChI=1S/C11H12Cl2O2/c1-7(2)15-11(14)5-8-3-4-9(12)6-10(8)13/h3-4,6-7H,5H2,1-2H3. The summed E-state index contributed by atoms with van der Waals surface area (Å²) in [5.41, 5.74) is 0.728. The predicted molar refractivity (Wildman–Crippen MR) is 61.4 cm³/mol. The maximum Gasteiger partial charge on any atom is 0.310 e. The summed E-state index contributed by atoms with van der Waals surface area (Å²) >= 11 is 11.7. The van der Waals surface area contributed by atoms with E-state index in [1.807, 2.05) is 0 Å². The fourth-order valence-corrected chi connectivity index (χ4v) is 1.60. The predicted octanol–water partition coefficient (Wildman–Crippen LogP) is 3.49. The molecule has 0 spiro atoms. The zero-order valence-corrected chi connectivity index (χ0v) is 10.1. The highest BCUT2D eigenvalue weighted by Gasteiger charge is 2.09. The summed E-state index contributed by atoms with van der Waals surface area (Å²) in [7, 11) is 0. The lowest BCUT2D eigenvalue weighted by molar-refractivity contribution is -0.146. The van der Waals surface area contributed by atoms with Crippen LogP contribution in [-0.2, 0) is 16.0 Å². The maximum absolute atomic E-state index is 11.3. The van der Waals surface area contributed by atoms with Crippen molar-refractivity contribution < 1.29 is 9.53 Å². The zero-order valence-electron chi connectivity index (χ0n) is 8.59. The quantitative estimate of drug-likeness (QED) is 0.764. The van der Waals surface area contributed by atoms with Crippen LogP contribution < -0.4 is 0 Å². The number of hydrogen-bond donors (Lipinski definition) is 0. The molecule has 0 fully saturated rings. The smallest absolute Gasteiger partial charge is 0.310 e. The fraction of sp³-hybridized carbons (Fsp3) is 0.364.